The standard InChI is InChI=1S/C57H89NO22/c1-26-47(78-42-24-38(69-9)48(27(2)72-42)79-53-46(64)50(70-10)49(28(3)73-53)80-52-45(63)44(62)43(61)39(25-59)77-52)37(68-8)23-41(71-26)76-32-17-18-54(6)31(21-32)15-16-34-35(54)22-40(75-30(5)60)55(7)56(66,19-20-57(34,55)67)29(4)74-51(65)33-13-11-12-14-36(33)58/h11-14,26-29,31-32,34-35,37-50,52-53,59,61-64,66-67H,15-25,58H2,1-10H3/t26-,27-,28-,29?,31?,32+,34-,35+,37+,38-,39-,40-,41+,42+,43-,44+,45-,46-,47-,48-,49-,50+,52+,53+,54+,55-,56-,57+/m1/s1. The molecule has 8 aliphatic rings. The number of anilines is 1. The maximum atomic E-state index is 13.4. The monoisotopic (exact) mass is 1140 g/mol. The van der Waals surface area contributed by atoms with Crippen molar-refractivity contribution >= 4 is 17.6 Å². The third-order valence-electron chi connectivity index (χ3n) is 20.5. The number of esters is 2. The first-order chi connectivity index (χ1) is 37.9. The van der Waals surface area contributed by atoms with E-state index in [0.717, 1.165) is 25.7 Å². The summed E-state index contributed by atoms with van der Waals surface area (Å²) in [6.45, 7) is 11.8. The zero-order valence-corrected chi connectivity index (χ0v) is 47.8. The highest BCUT2D eigenvalue weighted by atomic mass is 16.8. The molecule has 0 spiro atoms. The second-order valence-corrected chi connectivity index (χ2v) is 24.5. The molecule has 4 heterocycles. The number of hydrogen-bond donors (Lipinski definition) is 8. The Labute approximate surface area is 468 Å². The Hall–Kier alpha value is -2.76. The second kappa shape index (κ2) is 24.3. The van der Waals surface area contributed by atoms with E-state index in [1.807, 2.05) is 6.92 Å². The minimum atomic E-state index is -1.73. The molecule has 4 aliphatic heterocycles. The number of carbonyl (C=O) groups is 2. The SMILES string of the molecule is CO[C@H]1[C@@H](O)[C@H](O[C@@H]2[C@@H](C)O[C@@H](O[C@H]3[C@@H](OC)C[C@H](O[C@H]4CC[C@@]5(C)C(CC[C@@H]6[C@@H]5C[C@@H](OC(C)=O)[C@]5(C)[C@](O)(C(C)OC(=O)c7ccccc7N)CC[C@]65O)C4)O[C@@H]3C)C[C@H]2OC)O[C@H](C)[C@H]1O[C@@H]1O[C@H](CO)[C@@H](O)[C@H](O)[C@H]1O. The van der Waals surface area contributed by atoms with Crippen LogP contribution in [0.1, 0.15) is 123 Å². The average molecular weight is 1140 g/mol. The lowest BCUT2D eigenvalue weighted by Gasteiger charge is -2.66. The van der Waals surface area contributed by atoms with E-state index < -0.39 is 158 Å². The summed E-state index contributed by atoms with van der Waals surface area (Å²) >= 11 is 0. The lowest BCUT2D eigenvalue weighted by atomic mass is 9.42. The number of carbonyl (C=O) groups excluding carboxylic acids is 2. The smallest absolute Gasteiger partial charge is 0.340 e. The number of hydrogen-bond acceptors (Lipinski definition) is 23. The van der Waals surface area contributed by atoms with Crippen LogP contribution in [0.3, 0.4) is 0 Å². The molecule has 28 atom stereocenters. The van der Waals surface area contributed by atoms with Crippen LogP contribution in [0.4, 0.5) is 5.69 Å². The molecular formula is C57H89NO22. The summed E-state index contributed by atoms with van der Waals surface area (Å²) in [6, 6.07) is 6.57. The zero-order chi connectivity index (χ0) is 58.0. The van der Waals surface area contributed by atoms with Crippen molar-refractivity contribution in [1.82, 2.24) is 0 Å². The number of rotatable bonds is 16. The second-order valence-electron chi connectivity index (χ2n) is 24.5. The Balaban J connectivity index is 0.794. The molecular weight excluding hydrogens is 1050 g/mol. The Bertz CT molecular complexity index is 2280. The van der Waals surface area contributed by atoms with Gasteiger partial charge in [0.2, 0.25) is 0 Å². The van der Waals surface area contributed by atoms with Gasteiger partial charge in [0, 0.05) is 46.8 Å². The summed E-state index contributed by atoms with van der Waals surface area (Å²) in [5, 5.41) is 78.4. The summed E-state index contributed by atoms with van der Waals surface area (Å²) in [4.78, 5) is 26.4. The Morgan fingerprint density at radius 3 is 1.93 bits per heavy atom. The molecule has 1 aromatic carbocycles. The molecule has 8 fully saturated rings. The predicted molar refractivity (Wildman–Crippen MR) is 279 cm³/mol. The van der Waals surface area contributed by atoms with E-state index in [1.54, 1.807) is 66.2 Å². The molecule has 9 rings (SSSR count). The van der Waals surface area contributed by atoms with Crippen LogP contribution in [-0.2, 0) is 66.4 Å². The molecule has 23 nitrogen and oxygen atoms in total. The van der Waals surface area contributed by atoms with Gasteiger partial charge < -0.3 is 103 Å². The van der Waals surface area contributed by atoms with Gasteiger partial charge in [0.1, 0.15) is 72.7 Å². The van der Waals surface area contributed by atoms with Gasteiger partial charge in [0.15, 0.2) is 25.2 Å². The number of para-hydroxylation sites is 1. The number of benzene rings is 1. The van der Waals surface area contributed by atoms with Crippen LogP contribution in [0.25, 0.3) is 0 Å². The fourth-order valence-electron chi connectivity index (χ4n) is 15.8. The van der Waals surface area contributed by atoms with Crippen molar-refractivity contribution in [2.45, 2.75) is 253 Å². The number of methoxy groups -OCH3 is 3. The van der Waals surface area contributed by atoms with Gasteiger partial charge in [-0.05, 0) is 114 Å². The molecule has 4 saturated carbocycles. The topological polar surface area (TPSA) is 322 Å². The Kier molecular flexibility index (Phi) is 18.8. The van der Waals surface area contributed by atoms with Gasteiger partial charge in [0.05, 0.1) is 59.8 Å². The van der Waals surface area contributed by atoms with Crippen molar-refractivity contribution in [2.75, 3.05) is 33.7 Å². The van der Waals surface area contributed by atoms with E-state index in [0.29, 0.717) is 19.3 Å². The van der Waals surface area contributed by atoms with Crippen LogP contribution in [0.5, 0.6) is 0 Å². The van der Waals surface area contributed by atoms with Gasteiger partial charge >= 0.3 is 11.9 Å². The number of nitrogen functional groups attached to an aromatic ring is 1. The molecule has 0 bridgehead atoms. The van der Waals surface area contributed by atoms with Gasteiger partial charge in [-0.25, -0.2) is 4.79 Å². The fourth-order valence-corrected chi connectivity index (χ4v) is 15.8. The van der Waals surface area contributed by atoms with Crippen molar-refractivity contribution in [3.8, 4) is 0 Å². The van der Waals surface area contributed by atoms with Crippen molar-refractivity contribution in [2.24, 2.45) is 28.6 Å². The molecule has 454 valence electrons. The van der Waals surface area contributed by atoms with Gasteiger partial charge in [-0.1, -0.05) is 26.0 Å². The van der Waals surface area contributed by atoms with Crippen LogP contribution >= 0.6 is 0 Å². The number of fused-ring (bicyclic) bond motifs is 5. The molecule has 80 heavy (non-hydrogen) atoms. The van der Waals surface area contributed by atoms with Crippen LogP contribution in [0, 0.1) is 28.6 Å². The molecule has 0 aromatic heterocycles. The number of aliphatic hydroxyl groups excluding tert-OH is 5. The van der Waals surface area contributed by atoms with E-state index in [4.69, 9.17) is 67.3 Å². The molecule has 9 N–H and O–H groups in total. The van der Waals surface area contributed by atoms with Gasteiger partial charge in [0.25, 0.3) is 0 Å². The van der Waals surface area contributed by atoms with Crippen LogP contribution in [0.15, 0.2) is 24.3 Å². The van der Waals surface area contributed by atoms with E-state index >= 15 is 0 Å². The third kappa shape index (κ3) is 11.0. The lowest BCUT2D eigenvalue weighted by molar-refractivity contribution is -0.373. The first-order valence-electron chi connectivity index (χ1n) is 28.7. The van der Waals surface area contributed by atoms with Crippen LogP contribution < -0.4 is 5.73 Å². The molecule has 0 radical (unpaired) electrons. The molecule has 23 heteroatoms. The van der Waals surface area contributed by atoms with Crippen LogP contribution in [-0.4, -0.2) is 216 Å². The summed E-state index contributed by atoms with van der Waals surface area (Å²) in [6.07, 6.45) is -14.8. The molecule has 1 aromatic rings. The van der Waals surface area contributed by atoms with Crippen LogP contribution in [0.2, 0.25) is 0 Å². The first-order valence-corrected chi connectivity index (χ1v) is 28.7. The van der Waals surface area contributed by atoms with Crippen molar-refractivity contribution < 1.29 is 107 Å². The average Bonchev–Trinajstić information content (AvgIpc) is 3.76. The Morgan fingerprint density at radius 2 is 1.30 bits per heavy atom. The normalized spacial score (nSPS) is 48.9. The molecule has 4 saturated heterocycles. The first kappa shape index (κ1) is 61.8. The third-order valence-corrected chi connectivity index (χ3v) is 20.5. The summed E-state index contributed by atoms with van der Waals surface area (Å²) in [5.41, 5.74) is 1.75. The van der Waals surface area contributed by atoms with E-state index in [-0.39, 0.29) is 59.8 Å². The van der Waals surface area contributed by atoms with E-state index in [1.165, 1.54) is 14.0 Å². The van der Waals surface area contributed by atoms with Gasteiger partial charge in [-0.3, -0.25) is 4.79 Å². The predicted octanol–water partition coefficient (Wildman–Crippen LogP) is 2.01. The van der Waals surface area contributed by atoms with Crippen molar-refractivity contribution in [3.63, 3.8) is 0 Å². The molecule has 2 unspecified atom stereocenters. The zero-order valence-electron chi connectivity index (χ0n) is 47.8. The summed E-state index contributed by atoms with van der Waals surface area (Å²) < 4.78 is 80.3. The Morgan fingerprint density at radius 1 is 0.688 bits per heavy atom. The molecule has 4 aliphatic carbocycles. The number of aliphatic hydroxyl groups is 7. The quantitative estimate of drug-likeness (QED) is 0.0667. The maximum absolute atomic E-state index is 13.4. The van der Waals surface area contributed by atoms with Crippen molar-refractivity contribution in [3.05, 3.63) is 29.8 Å². The van der Waals surface area contributed by atoms with Gasteiger partial charge in [-0.15, -0.1) is 0 Å². The van der Waals surface area contributed by atoms with E-state index in [9.17, 15) is 45.3 Å². The minimum Gasteiger partial charge on any atom is -0.462 e. The van der Waals surface area contributed by atoms with Gasteiger partial charge in [-0.2, -0.15) is 0 Å². The number of nitrogens with two attached hydrogens (primary N) is 1. The maximum Gasteiger partial charge on any atom is 0.340 e. The lowest BCUT2D eigenvalue weighted by Crippen LogP contribution is -2.72. The minimum absolute atomic E-state index is 0.0393. The summed E-state index contributed by atoms with van der Waals surface area (Å²) in [7, 11) is 4.54. The highest BCUT2D eigenvalue weighted by molar-refractivity contribution is 5.95. The summed E-state index contributed by atoms with van der Waals surface area (Å²) in [5.74, 6) is -1.23. The largest absolute Gasteiger partial charge is 0.462 e. The highest BCUT2D eigenvalue weighted by Crippen LogP contribution is 2.71. The number of ether oxygens (including phenoxy) is 13. The van der Waals surface area contributed by atoms with E-state index in [2.05, 4.69) is 6.92 Å². The highest BCUT2D eigenvalue weighted by Gasteiger charge is 2.77. The fraction of sp³-hybridized carbons (Fsp3) is 0.860. The van der Waals surface area contributed by atoms with Crippen molar-refractivity contribution in [1.29, 1.82) is 0 Å². The molecule has 0 amide bonds.